The van der Waals surface area contributed by atoms with E-state index in [-0.39, 0.29) is 12.1 Å². The summed E-state index contributed by atoms with van der Waals surface area (Å²) in [5, 5.41) is 4.33. The van der Waals surface area contributed by atoms with Crippen molar-refractivity contribution in [3.8, 4) is 0 Å². The van der Waals surface area contributed by atoms with Gasteiger partial charge in [0.05, 0.1) is 6.10 Å². The summed E-state index contributed by atoms with van der Waals surface area (Å²) in [6.45, 7) is 7.93. The fourth-order valence-corrected chi connectivity index (χ4v) is 3.61. The van der Waals surface area contributed by atoms with Crippen LogP contribution in [-0.2, 0) is 11.3 Å². The largest absolute Gasteiger partial charge is 0.376 e. The third-order valence-electron chi connectivity index (χ3n) is 4.86. The molecule has 1 fully saturated rings. The van der Waals surface area contributed by atoms with Gasteiger partial charge < -0.3 is 19.5 Å². The first-order valence-corrected chi connectivity index (χ1v) is 9.38. The molecule has 0 unspecified atom stereocenters. The minimum absolute atomic E-state index is 0.0199. The van der Waals surface area contributed by atoms with E-state index in [2.05, 4.69) is 54.1 Å². The third-order valence-corrected chi connectivity index (χ3v) is 4.86. The lowest BCUT2D eigenvalue weighted by Gasteiger charge is -2.25. The molecule has 2 amide bonds. The predicted molar refractivity (Wildman–Crippen MR) is 101 cm³/mol. The van der Waals surface area contributed by atoms with Crippen LogP contribution in [0.15, 0.2) is 30.3 Å². The molecule has 25 heavy (non-hydrogen) atoms. The number of urea groups is 1. The van der Waals surface area contributed by atoms with Crippen LogP contribution in [0.5, 0.6) is 0 Å². The lowest BCUT2D eigenvalue weighted by Crippen LogP contribution is -2.45. The Bertz CT molecular complexity index is 704. The van der Waals surface area contributed by atoms with Gasteiger partial charge in [-0.15, -0.1) is 0 Å². The standard InChI is InChI=1S/C20H29N3O2/c1-3-11-22(15-18-8-6-13-25-18)20(24)21-10-12-23-16(2)14-17-7-4-5-9-19(17)23/h4-5,7,9,14,18H,3,6,8,10-13,15H2,1-2H3,(H,21,24)/t18-/m1/s1. The van der Waals surface area contributed by atoms with Crippen LogP contribution >= 0.6 is 0 Å². The van der Waals surface area contributed by atoms with Gasteiger partial charge in [0.15, 0.2) is 0 Å². The van der Waals surface area contributed by atoms with Crippen molar-refractivity contribution < 1.29 is 9.53 Å². The van der Waals surface area contributed by atoms with Crippen LogP contribution in [0.2, 0.25) is 0 Å². The number of nitrogens with zero attached hydrogens (tertiary/aromatic N) is 2. The van der Waals surface area contributed by atoms with Gasteiger partial charge in [-0.1, -0.05) is 25.1 Å². The molecule has 0 spiro atoms. The number of carbonyl (C=O) groups is 1. The summed E-state index contributed by atoms with van der Waals surface area (Å²) in [5.74, 6) is 0. The highest BCUT2D eigenvalue weighted by atomic mass is 16.5. The van der Waals surface area contributed by atoms with Gasteiger partial charge >= 0.3 is 6.03 Å². The first-order chi connectivity index (χ1) is 12.2. The molecule has 1 aromatic carbocycles. The molecule has 5 nitrogen and oxygen atoms in total. The number of amides is 2. The summed E-state index contributed by atoms with van der Waals surface area (Å²) >= 11 is 0. The van der Waals surface area contributed by atoms with E-state index in [9.17, 15) is 4.79 Å². The lowest BCUT2D eigenvalue weighted by molar-refractivity contribution is 0.0813. The number of benzene rings is 1. The smallest absolute Gasteiger partial charge is 0.317 e. The van der Waals surface area contributed by atoms with Crippen LogP contribution in [0.4, 0.5) is 4.79 Å². The number of hydrogen-bond donors (Lipinski definition) is 1. The van der Waals surface area contributed by atoms with Crippen LogP contribution in [0, 0.1) is 6.92 Å². The predicted octanol–water partition coefficient (Wildman–Crippen LogP) is 3.55. The molecule has 1 aromatic heterocycles. The minimum atomic E-state index is 0.0199. The van der Waals surface area contributed by atoms with Gasteiger partial charge in [-0.05, 0) is 43.7 Å². The van der Waals surface area contributed by atoms with Crippen LogP contribution < -0.4 is 5.32 Å². The maximum Gasteiger partial charge on any atom is 0.317 e. The third kappa shape index (κ3) is 4.34. The highest BCUT2D eigenvalue weighted by molar-refractivity contribution is 5.81. The topological polar surface area (TPSA) is 46.5 Å². The number of nitrogens with one attached hydrogen (secondary N) is 1. The fourth-order valence-electron chi connectivity index (χ4n) is 3.61. The highest BCUT2D eigenvalue weighted by Gasteiger charge is 2.21. The van der Waals surface area contributed by atoms with Crippen molar-refractivity contribution in [3.05, 3.63) is 36.0 Å². The zero-order chi connectivity index (χ0) is 17.6. The molecular formula is C20H29N3O2. The summed E-state index contributed by atoms with van der Waals surface area (Å²) in [6, 6.07) is 10.6. The SMILES string of the molecule is CCCN(C[C@H]1CCCO1)C(=O)NCCn1c(C)cc2ccccc21. The van der Waals surface area contributed by atoms with E-state index in [1.807, 2.05) is 4.90 Å². The van der Waals surface area contributed by atoms with Crippen molar-refractivity contribution in [1.29, 1.82) is 0 Å². The molecule has 2 aromatic rings. The lowest BCUT2D eigenvalue weighted by atomic mass is 10.2. The molecule has 136 valence electrons. The van der Waals surface area contributed by atoms with Crippen LogP contribution in [0.25, 0.3) is 10.9 Å². The van der Waals surface area contributed by atoms with Gasteiger partial charge in [-0.2, -0.15) is 0 Å². The molecule has 0 radical (unpaired) electrons. The molecule has 5 heteroatoms. The summed E-state index contributed by atoms with van der Waals surface area (Å²) < 4.78 is 7.95. The normalized spacial score (nSPS) is 17.1. The first kappa shape index (κ1) is 17.8. The fraction of sp³-hybridized carbons (Fsp3) is 0.550. The van der Waals surface area contributed by atoms with Crippen molar-refractivity contribution >= 4 is 16.9 Å². The number of rotatable bonds is 7. The van der Waals surface area contributed by atoms with Crippen molar-refractivity contribution in [2.45, 2.75) is 45.8 Å². The number of aryl methyl sites for hydroxylation is 1. The molecule has 0 saturated carbocycles. The van der Waals surface area contributed by atoms with Gasteiger partial charge in [0, 0.05) is 44.0 Å². The molecule has 1 atom stereocenters. The average Bonchev–Trinajstić information content (AvgIpc) is 3.22. The van der Waals surface area contributed by atoms with Crippen LogP contribution in [0.1, 0.15) is 31.9 Å². The zero-order valence-corrected chi connectivity index (χ0v) is 15.3. The van der Waals surface area contributed by atoms with E-state index in [0.717, 1.165) is 39.0 Å². The number of ether oxygens (including phenoxy) is 1. The van der Waals surface area contributed by atoms with Crippen molar-refractivity contribution in [3.63, 3.8) is 0 Å². The van der Waals surface area contributed by atoms with E-state index in [4.69, 9.17) is 4.74 Å². The Hall–Kier alpha value is -2.01. The molecule has 0 bridgehead atoms. The summed E-state index contributed by atoms with van der Waals surface area (Å²) in [6.07, 6.45) is 3.32. The molecular weight excluding hydrogens is 314 g/mol. The number of para-hydroxylation sites is 1. The molecule has 2 heterocycles. The van der Waals surface area contributed by atoms with Gasteiger partial charge in [0.2, 0.25) is 0 Å². The highest BCUT2D eigenvalue weighted by Crippen LogP contribution is 2.18. The second kappa shape index (κ2) is 8.39. The molecule has 0 aliphatic carbocycles. The Morgan fingerprint density at radius 1 is 1.40 bits per heavy atom. The van der Waals surface area contributed by atoms with E-state index < -0.39 is 0 Å². The molecule has 1 saturated heterocycles. The van der Waals surface area contributed by atoms with E-state index >= 15 is 0 Å². The van der Waals surface area contributed by atoms with E-state index in [1.54, 1.807) is 0 Å². The Balaban J connectivity index is 1.55. The van der Waals surface area contributed by atoms with Crippen molar-refractivity contribution in [2.75, 3.05) is 26.2 Å². The number of hydrogen-bond acceptors (Lipinski definition) is 2. The van der Waals surface area contributed by atoms with E-state index in [1.165, 1.54) is 16.6 Å². The Morgan fingerprint density at radius 3 is 3.00 bits per heavy atom. The Morgan fingerprint density at radius 2 is 2.24 bits per heavy atom. The van der Waals surface area contributed by atoms with Crippen molar-refractivity contribution in [1.82, 2.24) is 14.8 Å². The molecule has 1 N–H and O–H groups in total. The zero-order valence-electron chi connectivity index (χ0n) is 15.3. The van der Waals surface area contributed by atoms with Gasteiger partial charge in [0.25, 0.3) is 0 Å². The maximum atomic E-state index is 12.5. The summed E-state index contributed by atoms with van der Waals surface area (Å²) in [7, 11) is 0. The Kier molecular flexibility index (Phi) is 5.97. The summed E-state index contributed by atoms with van der Waals surface area (Å²) in [4.78, 5) is 14.4. The molecule has 3 rings (SSSR count). The van der Waals surface area contributed by atoms with Gasteiger partial charge in [-0.3, -0.25) is 0 Å². The first-order valence-electron chi connectivity index (χ1n) is 9.38. The van der Waals surface area contributed by atoms with Gasteiger partial charge in [-0.25, -0.2) is 4.79 Å². The summed E-state index contributed by atoms with van der Waals surface area (Å²) in [5.41, 5.74) is 2.44. The van der Waals surface area contributed by atoms with Crippen LogP contribution in [-0.4, -0.2) is 47.8 Å². The Labute approximate surface area is 149 Å². The quantitative estimate of drug-likeness (QED) is 0.836. The number of carbonyl (C=O) groups excluding carboxylic acids is 1. The molecule has 1 aliphatic rings. The minimum Gasteiger partial charge on any atom is -0.376 e. The van der Waals surface area contributed by atoms with Gasteiger partial charge in [0.1, 0.15) is 0 Å². The number of fused-ring (bicyclic) bond motifs is 1. The monoisotopic (exact) mass is 343 g/mol. The second-order valence-corrected chi connectivity index (χ2v) is 6.81. The van der Waals surface area contributed by atoms with Crippen LogP contribution in [0.3, 0.4) is 0 Å². The average molecular weight is 343 g/mol. The van der Waals surface area contributed by atoms with Crippen molar-refractivity contribution in [2.24, 2.45) is 0 Å². The maximum absolute atomic E-state index is 12.5. The number of aromatic nitrogens is 1. The van der Waals surface area contributed by atoms with E-state index in [0.29, 0.717) is 13.1 Å². The molecule has 1 aliphatic heterocycles. The second-order valence-electron chi connectivity index (χ2n) is 6.81.